The number of aryl methyl sites for hydroxylation is 2. The third-order valence-corrected chi connectivity index (χ3v) is 2.85. The molecule has 1 aromatic rings. The summed E-state index contributed by atoms with van der Waals surface area (Å²) in [7, 11) is 0. The van der Waals surface area contributed by atoms with Crippen LogP contribution < -0.4 is 5.73 Å². The number of nitrogens with two attached hydrogens (primary N) is 1. The van der Waals surface area contributed by atoms with Crippen LogP contribution in [0.1, 0.15) is 36.6 Å². The van der Waals surface area contributed by atoms with E-state index >= 15 is 0 Å². The third-order valence-electron chi connectivity index (χ3n) is 2.85. The third kappa shape index (κ3) is 3.05. The number of hydrogen-bond acceptors (Lipinski definition) is 2. The Hall–Kier alpha value is -0.860. The summed E-state index contributed by atoms with van der Waals surface area (Å²) in [4.78, 5) is 0. The zero-order chi connectivity index (χ0) is 11.4. The summed E-state index contributed by atoms with van der Waals surface area (Å²) in [5.41, 5.74) is 9.86. The highest BCUT2D eigenvalue weighted by molar-refractivity contribution is 5.31. The van der Waals surface area contributed by atoms with E-state index in [1.807, 2.05) is 13.8 Å². The molecular weight excluding hydrogens is 186 g/mol. The second-order valence-corrected chi connectivity index (χ2v) is 4.03. The predicted molar refractivity (Wildman–Crippen MR) is 63.9 cm³/mol. The lowest BCUT2D eigenvalue weighted by Crippen LogP contribution is -2.26. The van der Waals surface area contributed by atoms with E-state index in [1.165, 1.54) is 11.1 Å². The second-order valence-electron chi connectivity index (χ2n) is 4.03. The van der Waals surface area contributed by atoms with Gasteiger partial charge in [0.1, 0.15) is 0 Å². The Bertz CT molecular complexity index is 322. The minimum absolute atomic E-state index is 0.0377. The van der Waals surface area contributed by atoms with Crippen molar-refractivity contribution in [1.29, 1.82) is 0 Å². The first-order valence-electron chi connectivity index (χ1n) is 5.50. The molecule has 0 amide bonds. The number of rotatable bonds is 4. The normalized spacial score (nSPS) is 15.0. The summed E-state index contributed by atoms with van der Waals surface area (Å²) in [6.45, 7) is 8.93. The van der Waals surface area contributed by atoms with Crippen molar-refractivity contribution in [2.24, 2.45) is 5.73 Å². The standard InChI is InChI=1S/C13H21NO/c1-5-15-11(4)13(14)12-7-6-9(2)10(3)8-12/h6-8,11,13H,5,14H2,1-4H3. The molecule has 0 aromatic heterocycles. The predicted octanol–water partition coefficient (Wildman–Crippen LogP) is 2.73. The lowest BCUT2D eigenvalue weighted by atomic mass is 9.99. The van der Waals surface area contributed by atoms with Crippen LogP contribution in [0.2, 0.25) is 0 Å². The highest BCUT2D eigenvalue weighted by Gasteiger charge is 2.14. The van der Waals surface area contributed by atoms with Crippen molar-refractivity contribution in [2.75, 3.05) is 6.61 Å². The van der Waals surface area contributed by atoms with Gasteiger partial charge in [0.15, 0.2) is 0 Å². The van der Waals surface area contributed by atoms with E-state index < -0.39 is 0 Å². The van der Waals surface area contributed by atoms with Crippen molar-refractivity contribution in [3.8, 4) is 0 Å². The summed E-state index contributed by atoms with van der Waals surface area (Å²) >= 11 is 0. The lowest BCUT2D eigenvalue weighted by Gasteiger charge is -2.20. The van der Waals surface area contributed by atoms with Gasteiger partial charge >= 0.3 is 0 Å². The maximum atomic E-state index is 6.12. The molecule has 0 radical (unpaired) electrons. The molecule has 2 nitrogen and oxygen atoms in total. The Kier molecular flexibility index (Phi) is 4.30. The van der Waals surface area contributed by atoms with Gasteiger partial charge in [0, 0.05) is 6.61 Å². The quantitative estimate of drug-likeness (QED) is 0.824. The monoisotopic (exact) mass is 207 g/mol. The summed E-state index contributed by atoms with van der Waals surface area (Å²) in [5.74, 6) is 0. The molecule has 1 aromatic carbocycles. The average Bonchev–Trinajstić information content (AvgIpc) is 2.21. The second kappa shape index (κ2) is 5.29. The van der Waals surface area contributed by atoms with E-state index in [4.69, 9.17) is 10.5 Å². The van der Waals surface area contributed by atoms with Crippen molar-refractivity contribution >= 4 is 0 Å². The largest absolute Gasteiger partial charge is 0.377 e. The summed E-state index contributed by atoms with van der Waals surface area (Å²) in [6, 6.07) is 6.31. The highest BCUT2D eigenvalue weighted by Crippen LogP contribution is 2.19. The minimum atomic E-state index is -0.0377. The Morgan fingerprint density at radius 3 is 2.47 bits per heavy atom. The van der Waals surface area contributed by atoms with Gasteiger partial charge in [-0.25, -0.2) is 0 Å². The van der Waals surface area contributed by atoms with Crippen LogP contribution in [-0.4, -0.2) is 12.7 Å². The van der Waals surface area contributed by atoms with Crippen molar-refractivity contribution in [3.05, 3.63) is 34.9 Å². The first-order valence-corrected chi connectivity index (χ1v) is 5.50. The Balaban J connectivity index is 2.81. The Labute approximate surface area is 92.4 Å². The van der Waals surface area contributed by atoms with Crippen LogP contribution in [0.15, 0.2) is 18.2 Å². The van der Waals surface area contributed by atoms with E-state index in [9.17, 15) is 0 Å². The number of hydrogen-bond donors (Lipinski definition) is 1. The van der Waals surface area contributed by atoms with Gasteiger partial charge < -0.3 is 10.5 Å². The van der Waals surface area contributed by atoms with Crippen LogP contribution in [0.25, 0.3) is 0 Å². The topological polar surface area (TPSA) is 35.2 Å². The van der Waals surface area contributed by atoms with E-state index in [-0.39, 0.29) is 12.1 Å². The van der Waals surface area contributed by atoms with Gasteiger partial charge in [-0.15, -0.1) is 0 Å². The number of benzene rings is 1. The first-order chi connectivity index (χ1) is 7.06. The van der Waals surface area contributed by atoms with Gasteiger partial charge in [-0.05, 0) is 44.4 Å². The molecule has 0 saturated carbocycles. The molecule has 84 valence electrons. The molecule has 0 fully saturated rings. The van der Waals surface area contributed by atoms with E-state index in [1.54, 1.807) is 0 Å². The van der Waals surface area contributed by atoms with Crippen LogP contribution in [0, 0.1) is 13.8 Å². The molecule has 1 rings (SSSR count). The molecule has 0 saturated heterocycles. The Morgan fingerprint density at radius 2 is 1.93 bits per heavy atom. The molecule has 2 unspecified atom stereocenters. The van der Waals surface area contributed by atoms with Gasteiger partial charge in [-0.1, -0.05) is 18.2 Å². The molecule has 0 heterocycles. The minimum Gasteiger partial charge on any atom is -0.377 e. The average molecular weight is 207 g/mol. The van der Waals surface area contributed by atoms with Crippen LogP contribution in [0.3, 0.4) is 0 Å². The molecule has 2 atom stereocenters. The fraction of sp³-hybridized carbons (Fsp3) is 0.538. The van der Waals surface area contributed by atoms with Crippen molar-refractivity contribution in [1.82, 2.24) is 0 Å². The fourth-order valence-electron chi connectivity index (χ4n) is 1.61. The van der Waals surface area contributed by atoms with Gasteiger partial charge in [-0.3, -0.25) is 0 Å². The Morgan fingerprint density at radius 1 is 1.27 bits per heavy atom. The lowest BCUT2D eigenvalue weighted by molar-refractivity contribution is 0.0574. The maximum Gasteiger partial charge on any atom is 0.0739 e. The molecule has 2 heteroatoms. The molecular formula is C13H21NO. The van der Waals surface area contributed by atoms with Gasteiger partial charge in [0.25, 0.3) is 0 Å². The van der Waals surface area contributed by atoms with E-state index in [0.29, 0.717) is 6.61 Å². The molecule has 0 aliphatic heterocycles. The van der Waals surface area contributed by atoms with Crippen LogP contribution in [-0.2, 0) is 4.74 Å². The zero-order valence-corrected chi connectivity index (χ0v) is 10.1. The van der Waals surface area contributed by atoms with Crippen LogP contribution in [0.4, 0.5) is 0 Å². The maximum absolute atomic E-state index is 6.12. The van der Waals surface area contributed by atoms with E-state index in [2.05, 4.69) is 32.0 Å². The fourth-order valence-corrected chi connectivity index (χ4v) is 1.61. The first kappa shape index (κ1) is 12.2. The van der Waals surface area contributed by atoms with Crippen molar-refractivity contribution in [2.45, 2.75) is 39.8 Å². The van der Waals surface area contributed by atoms with Crippen molar-refractivity contribution < 1.29 is 4.74 Å². The molecule has 2 N–H and O–H groups in total. The highest BCUT2D eigenvalue weighted by atomic mass is 16.5. The molecule has 0 aliphatic rings. The zero-order valence-electron chi connectivity index (χ0n) is 10.1. The molecule has 0 aliphatic carbocycles. The van der Waals surface area contributed by atoms with Crippen molar-refractivity contribution in [3.63, 3.8) is 0 Å². The van der Waals surface area contributed by atoms with Gasteiger partial charge in [0.2, 0.25) is 0 Å². The van der Waals surface area contributed by atoms with Crippen LogP contribution >= 0.6 is 0 Å². The van der Waals surface area contributed by atoms with E-state index in [0.717, 1.165) is 5.56 Å². The summed E-state index contributed by atoms with van der Waals surface area (Å²) in [6.07, 6.45) is 0.0668. The summed E-state index contributed by atoms with van der Waals surface area (Å²) in [5, 5.41) is 0. The molecule has 0 bridgehead atoms. The number of ether oxygens (including phenoxy) is 1. The SMILES string of the molecule is CCOC(C)C(N)c1ccc(C)c(C)c1. The molecule has 0 spiro atoms. The smallest absolute Gasteiger partial charge is 0.0739 e. The van der Waals surface area contributed by atoms with Gasteiger partial charge in [-0.2, -0.15) is 0 Å². The van der Waals surface area contributed by atoms with Gasteiger partial charge in [0.05, 0.1) is 12.1 Å². The van der Waals surface area contributed by atoms with Crippen LogP contribution in [0.5, 0.6) is 0 Å². The summed E-state index contributed by atoms with van der Waals surface area (Å²) < 4.78 is 5.50. The molecule has 15 heavy (non-hydrogen) atoms.